The quantitative estimate of drug-likeness (QED) is 0.855. The van der Waals surface area contributed by atoms with E-state index in [1.165, 1.54) is 14.1 Å². The van der Waals surface area contributed by atoms with Crippen molar-refractivity contribution in [1.82, 2.24) is 9.13 Å². The van der Waals surface area contributed by atoms with Crippen LogP contribution in [0.25, 0.3) is 0 Å². The second-order valence-electron chi connectivity index (χ2n) is 4.22. The van der Waals surface area contributed by atoms with Gasteiger partial charge in [-0.15, -0.1) is 0 Å². The molecule has 2 rings (SSSR count). The average Bonchev–Trinajstić information content (AvgIpc) is 2.41. The van der Waals surface area contributed by atoms with Gasteiger partial charge in [0.05, 0.1) is 0 Å². The number of sulfonamides is 1. The minimum absolute atomic E-state index is 0.336. The number of nitrogens with one attached hydrogen (secondary N) is 1. The standard InChI is InChI=1S/C12H13N3O4S/c1-14-8-10(11(16)15(2)12(14)17)20(18,19)13-9-6-4-3-5-7-9/h3-8,13H,1-2H3. The van der Waals surface area contributed by atoms with Crippen molar-refractivity contribution in [3.8, 4) is 0 Å². The molecule has 0 radical (unpaired) electrons. The highest BCUT2D eigenvalue weighted by molar-refractivity contribution is 7.92. The zero-order chi connectivity index (χ0) is 14.9. The fourth-order valence-corrected chi connectivity index (χ4v) is 2.90. The monoisotopic (exact) mass is 295 g/mol. The van der Waals surface area contributed by atoms with Crippen molar-refractivity contribution in [3.05, 3.63) is 57.4 Å². The number of hydrogen-bond acceptors (Lipinski definition) is 4. The van der Waals surface area contributed by atoms with Gasteiger partial charge in [0.2, 0.25) is 0 Å². The second kappa shape index (κ2) is 4.97. The summed E-state index contributed by atoms with van der Waals surface area (Å²) in [5.74, 6) is 0. The third kappa shape index (κ3) is 2.50. The van der Waals surface area contributed by atoms with E-state index >= 15 is 0 Å². The predicted octanol–water partition coefficient (Wildman–Crippen LogP) is -0.115. The van der Waals surface area contributed by atoms with Crippen molar-refractivity contribution in [1.29, 1.82) is 0 Å². The van der Waals surface area contributed by atoms with Crippen LogP contribution in [-0.4, -0.2) is 17.6 Å². The molecule has 0 atom stereocenters. The van der Waals surface area contributed by atoms with Crippen molar-refractivity contribution in [2.45, 2.75) is 4.90 Å². The summed E-state index contributed by atoms with van der Waals surface area (Å²) in [7, 11) is -1.44. The van der Waals surface area contributed by atoms with E-state index in [4.69, 9.17) is 0 Å². The molecule has 0 fully saturated rings. The summed E-state index contributed by atoms with van der Waals surface area (Å²) in [4.78, 5) is 23.0. The van der Waals surface area contributed by atoms with Gasteiger partial charge in [-0.25, -0.2) is 13.2 Å². The average molecular weight is 295 g/mol. The predicted molar refractivity (Wildman–Crippen MR) is 74.2 cm³/mol. The first-order valence-electron chi connectivity index (χ1n) is 5.67. The molecule has 0 bridgehead atoms. The molecular weight excluding hydrogens is 282 g/mol. The Morgan fingerprint density at radius 2 is 1.65 bits per heavy atom. The number of anilines is 1. The Hall–Kier alpha value is -2.35. The van der Waals surface area contributed by atoms with Crippen LogP contribution in [0.5, 0.6) is 0 Å². The maximum atomic E-state index is 12.2. The lowest BCUT2D eigenvalue weighted by molar-refractivity contribution is 0.589. The lowest BCUT2D eigenvalue weighted by Crippen LogP contribution is -2.40. The number of nitrogens with zero attached hydrogens (tertiary/aromatic N) is 2. The highest BCUT2D eigenvalue weighted by Gasteiger charge is 2.21. The van der Waals surface area contributed by atoms with Crippen molar-refractivity contribution >= 4 is 15.7 Å². The van der Waals surface area contributed by atoms with Crippen LogP contribution in [0.15, 0.2) is 51.0 Å². The van der Waals surface area contributed by atoms with Crippen LogP contribution < -0.4 is 16.0 Å². The summed E-state index contributed by atoms with van der Waals surface area (Å²) in [6, 6.07) is 8.18. The summed E-state index contributed by atoms with van der Waals surface area (Å²) < 4.78 is 28.5. The van der Waals surface area contributed by atoms with Gasteiger partial charge in [0.25, 0.3) is 15.6 Å². The Labute approximate surface area is 115 Å². The molecule has 0 saturated carbocycles. The highest BCUT2D eigenvalue weighted by Crippen LogP contribution is 2.11. The number of para-hydroxylation sites is 1. The van der Waals surface area contributed by atoms with E-state index in [1.54, 1.807) is 30.3 Å². The van der Waals surface area contributed by atoms with Gasteiger partial charge in [0.1, 0.15) is 0 Å². The number of benzene rings is 1. The summed E-state index contributed by atoms with van der Waals surface area (Å²) in [5.41, 5.74) is -1.12. The molecule has 1 heterocycles. The molecule has 1 N–H and O–H groups in total. The van der Waals surface area contributed by atoms with Crippen molar-refractivity contribution in [2.24, 2.45) is 14.1 Å². The number of rotatable bonds is 3. The SMILES string of the molecule is Cn1cc(S(=O)(=O)Nc2ccccc2)c(=O)n(C)c1=O. The molecule has 0 amide bonds. The maximum absolute atomic E-state index is 12.2. The van der Waals surface area contributed by atoms with Gasteiger partial charge >= 0.3 is 5.69 Å². The molecule has 0 aliphatic rings. The van der Waals surface area contributed by atoms with Gasteiger partial charge in [-0.3, -0.25) is 14.1 Å². The topological polar surface area (TPSA) is 90.2 Å². The minimum Gasteiger partial charge on any atom is -0.302 e. The van der Waals surface area contributed by atoms with E-state index < -0.39 is 26.2 Å². The number of hydrogen-bond donors (Lipinski definition) is 1. The van der Waals surface area contributed by atoms with Crippen LogP contribution >= 0.6 is 0 Å². The molecule has 0 spiro atoms. The van der Waals surface area contributed by atoms with Crippen LogP contribution in [0, 0.1) is 0 Å². The van der Waals surface area contributed by atoms with E-state index in [0.29, 0.717) is 5.69 Å². The normalized spacial score (nSPS) is 11.3. The molecular formula is C12H13N3O4S. The zero-order valence-corrected chi connectivity index (χ0v) is 11.7. The van der Waals surface area contributed by atoms with E-state index in [2.05, 4.69) is 4.72 Å². The zero-order valence-electron chi connectivity index (χ0n) is 10.9. The van der Waals surface area contributed by atoms with Crippen molar-refractivity contribution in [3.63, 3.8) is 0 Å². The van der Waals surface area contributed by atoms with Gasteiger partial charge < -0.3 is 4.57 Å². The number of aromatic nitrogens is 2. The molecule has 7 nitrogen and oxygen atoms in total. The van der Waals surface area contributed by atoms with Crippen LogP contribution in [0.1, 0.15) is 0 Å². The second-order valence-corrected chi connectivity index (χ2v) is 5.87. The number of aryl methyl sites for hydroxylation is 1. The smallest absolute Gasteiger partial charge is 0.302 e. The Morgan fingerprint density at radius 3 is 2.25 bits per heavy atom. The molecule has 8 heteroatoms. The molecule has 106 valence electrons. The van der Waals surface area contributed by atoms with E-state index in [1.807, 2.05) is 0 Å². The molecule has 0 aliphatic carbocycles. The van der Waals surface area contributed by atoms with Crippen LogP contribution in [0.3, 0.4) is 0 Å². The lowest BCUT2D eigenvalue weighted by Gasteiger charge is -2.09. The Kier molecular flexibility index (Phi) is 3.49. The molecule has 0 aliphatic heterocycles. The highest BCUT2D eigenvalue weighted by atomic mass is 32.2. The van der Waals surface area contributed by atoms with Crippen LogP contribution in [0.2, 0.25) is 0 Å². The molecule has 0 unspecified atom stereocenters. The molecule has 1 aromatic carbocycles. The summed E-state index contributed by atoms with van der Waals surface area (Å²) >= 11 is 0. The third-order valence-corrected chi connectivity index (χ3v) is 4.09. The van der Waals surface area contributed by atoms with Gasteiger partial charge in [-0.2, -0.15) is 0 Å². The van der Waals surface area contributed by atoms with E-state index in [0.717, 1.165) is 15.3 Å². The van der Waals surface area contributed by atoms with Gasteiger partial charge in [-0.05, 0) is 12.1 Å². The fraction of sp³-hybridized carbons (Fsp3) is 0.167. The largest absolute Gasteiger partial charge is 0.330 e. The van der Waals surface area contributed by atoms with Crippen LogP contribution in [-0.2, 0) is 24.1 Å². The summed E-state index contributed by atoms with van der Waals surface area (Å²) in [5, 5.41) is 0. The summed E-state index contributed by atoms with van der Waals surface area (Å²) in [6.45, 7) is 0. The lowest BCUT2D eigenvalue weighted by atomic mass is 10.3. The third-order valence-electron chi connectivity index (χ3n) is 2.73. The van der Waals surface area contributed by atoms with Gasteiger partial charge in [-0.1, -0.05) is 18.2 Å². The first-order chi connectivity index (χ1) is 9.33. The first kappa shape index (κ1) is 14.1. The van der Waals surface area contributed by atoms with Crippen molar-refractivity contribution in [2.75, 3.05) is 4.72 Å². The van der Waals surface area contributed by atoms with Gasteiger partial charge in [0, 0.05) is 26.0 Å². The Bertz CT molecular complexity index is 851. The minimum atomic E-state index is -4.05. The maximum Gasteiger partial charge on any atom is 0.330 e. The molecule has 20 heavy (non-hydrogen) atoms. The Balaban J connectivity index is 2.57. The molecule has 1 aromatic heterocycles. The van der Waals surface area contributed by atoms with Gasteiger partial charge in [0.15, 0.2) is 4.90 Å². The van der Waals surface area contributed by atoms with E-state index in [9.17, 15) is 18.0 Å². The van der Waals surface area contributed by atoms with Crippen molar-refractivity contribution < 1.29 is 8.42 Å². The molecule has 2 aromatic rings. The van der Waals surface area contributed by atoms with E-state index in [-0.39, 0.29) is 0 Å². The summed E-state index contributed by atoms with van der Waals surface area (Å²) in [6.07, 6.45) is 1.01. The molecule has 0 saturated heterocycles. The first-order valence-corrected chi connectivity index (χ1v) is 7.16. The fourth-order valence-electron chi connectivity index (χ4n) is 1.68. The van der Waals surface area contributed by atoms with Crippen LogP contribution in [0.4, 0.5) is 5.69 Å². The Morgan fingerprint density at radius 1 is 1.05 bits per heavy atom.